The molecule has 19 heavy (non-hydrogen) atoms. The molecule has 2 nitrogen and oxygen atoms in total. The standard InChI is InChI=1S/C15H22BrClN2/c1-2-8-19(13-4-3-7-18-10-13)11-12-5-6-14(16)15(17)9-12/h5-6,9,13,18H,2-4,7-8,10-11H2,1H3. The first kappa shape index (κ1) is 15.3. The first-order valence-electron chi connectivity index (χ1n) is 7.09. The number of nitrogens with zero attached hydrogens (tertiary/aromatic N) is 1. The van der Waals surface area contributed by atoms with Gasteiger partial charge in [-0.15, -0.1) is 0 Å². The molecule has 0 amide bonds. The van der Waals surface area contributed by atoms with Crippen LogP contribution in [-0.2, 0) is 6.54 Å². The van der Waals surface area contributed by atoms with Crippen LogP contribution in [0.4, 0.5) is 0 Å². The van der Waals surface area contributed by atoms with Gasteiger partial charge in [0.15, 0.2) is 0 Å². The number of halogens is 2. The molecule has 0 bridgehead atoms. The lowest BCUT2D eigenvalue weighted by molar-refractivity contribution is 0.158. The first-order chi connectivity index (χ1) is 9.20. The molecule has 1 aromatic carbocycles. The number of hydrogen-bond acceptors (Lipinski definition) is 2. The summed E-state index contributed by atoms with van der Waals surface area (Å²) in [5.74, 6) is 0. The van der Waals surface area contributed by atoms with E-state index in [1.54, 1.807) is 0 Å². The third-order valence-electron chi connectivity index (χ3n) is 3.67. The second kappa shape index (κ2) is 7.63. The molecule has 1 aromatic rings. The first-order valence-corrected chi connectivity index (χ1v) is 8.26. The molecule has 1 saturated heterocycles. The normalized spacial score (nSPS) is 19.9. The van der Waals surface area contributed by atoms with Crippen LogP contribution in [0.2, 0.25) is 5.02 Å². The van der Waals surface area contributed by atoms with Crippen LogP contribution in [0.15, 0.2) is 22.7 Å². The molecule has 0 radical (unpaired) electrons. The second-order valence-electron chi connectivity index (χ2n) is 5.22. The van der Waals surface area contributed by atoms with E-state index >= 15 is 0 Å². The van der Waals surface area contributed by atoms with Gasteiger partial charge in [0, 0.05) is 23.6 Å². The molecule has 1 aliphatic rings. The Balaban J connectivity index is 2.04. The summed E-state index contributed by atoms with van der Waals surface area (Å²) in [6.07, 6.45) is 3.78. The second-order valence-corrected chi connectivity index (χ2v) is 6.48. The summed E-state index contributed by atoms with van der Waals surface area (Å²) in [5, 5.41) is 4.31. The highest BCUT2D eigenvalue weighted by Crippen LogP contribution is 2.24. The molecule has 1 N–H and O–H groups in total. The molecule has 0 saturated carbocycles. The van der Waals surface area contributed by atoms with Crippen molar-refractivity contribution in [2.45, 2.75) is 38.8 Å². The van der Waals surface area contributed by atoms with Crippen LogP contribution in [0.3, 0.4) is 0 Å². The maximum atomic E-state index is 6.18. The number of piperidine rings is 1. The average molecular weight is 346 g/mol. The summed E-state index contributed by atoms with van der Waals surface area (Å²) in [7, 11) is 0. The maximum absolute atomic E-state index is 6.18. The van der Waals surface area contributed by atoms with Crippen molar-refractivity contribution in [3.05, 3.63) is 33.3 Å². The molecule has 1 heterocycles. The maximum Gasteiger partial charge on any atom is 0.0551 e. The number of rotatable bonds is 5. The van der Waals surface area contributed by atoms with Crippen molar-refractivity contribution in [2.24, 2.45) is 0 Å². The zero-order chi connectivity index (χ0) is 13.7. The van der Waals surface area contributed by atoms with E-state index in [9.17, 15) is 0 Å². The minimum Gasteiger partial charge on any atom is -0.315 e. The van der Waals surface area contributed by atoms with Crippen LogP contribution < -0.4 is 5.32 Å². The molecule has 1 aliphatic heterocycles. The zero-order valence-corrected chi connectivity index (χ0v) is 13.8. The van der Waals surface area contributed by atoms with Crippen LogP contribution in [0.1, 0.15) is 31.7 Å². The topological polar surface area (TPSA) is 15.3 Å². The fourth-order valence-corrected chi connectivity index (χ4v) is 3.15. The highest BCUT2D eigenvalue weighted by molar-refractivity contribution is 9.10. The van der Waals surface area contributed by atoms with Gasteiger partial charge in [-0.2, -0.15) is 0 Å². The van der Waals surface area contributed by atoms with Crippen molar-refractivity contribution in [3.63, 3.8) is 0 Å². The Bertz CT molecular complexity index is 405. The van der Waals surface area contributed by atoms with E-state index in [1.165, 1.54) is 31.4 Å². The Morgan fingerprint density at radius 3 is 2.95 bits per heavy atom. The molecule has 1 atom stereocenters. The highest BCUT2D eigenvalue weighted by Gasteiger charge is 2.20. The zero-order valence-electron chi connectivity index (χ0n) is 11.5. The van der Waals surface area contributed by atoms with Gasteiger partial charge in [0.1, 0.15) is 0 Å². The summed E-state index contributed by atoms with van der Waals surface area (Å²) < 4.78 is 0.972. The molecular weight excluding hydrogens is 324 g/mol. The molecule has 106 valence electrons. The molecular formula is C15H22BrClN2. The van der Waals surface area contributed by atoms with Gasteiger partial charge in [-0.3, -0.25) is 4.90 Å². The van der Waals surface area contributed by atoms with Crippen LogP contribution in [-0.4, -0.2) is 30.6 Å². The van der Waals surface area contributed by atoms with Crippen molar-refractivity contribution < 1.29 is 0 Å². The van der Waals surface area contributed by atoms with Gasteiger partial charge >= 0.3 is 0 Å². The Morgan fingerprint density at radius 2 is 2.32 bits per heavy atom. The van der Waals surface area contributed by atoms with Crippen LogP contribution in [0.5, 0.6) is 0 Å². The Hall–Kier alpha value is -0.0900. The molecule has 2 rings (SSSR count). The Morgan fingerprint density at radius 1 is 1.47 bits per heavy atom. The SMILES string of the molecule is CCCN(Cc1ccc(Br)c(Cl)c1)C1CCCNC1. The third kappa shape index (κ3) is 4.45. The van der Waals surface area contributed by atoms with Gasteiger partial charge in [0.2, 0.25) is 0 Å². The van der Waals surface area contributed by atoms with Gasteiger partial charge in [0.05, 0.1) is 5.02 Å². The van der Waals surface area contributed by atoms with E-state index in [2.05, 4.69) is 45.2 Å². The quantitative estimate of drug-likeness (QED) is 0.865. The predicted molar refractivity (Wildman–Crippen MR) is 85.7 cm³/mol. The van der Waals surface area contributed by atoms with Gasteiger partial charge < -0.3 is 5.32 Å². The summed E-state index contributed by atoms with van der Waals surface area (Å²) in [4.78, 5) is 2.59. The van der Waals surface area contributed by atoms with E-state index in [0.717, 1.165) is 29.1 Å². The van der Waals surface area contributed by atoms with Crippen LogP contribution >= 0.6 is 27.5 Å². The lowest BCUT2D eigenvalue weighted by atomic mass is 10.0. The number of benzene rings is 1. The number of nitrogens with one attached hydrogen (secondary N) is 1. The molecule has 1 fully saturated rings. The monoisotopic (exact) mass is 344 g/mol. The van der Waals surface area contributed by atoms with Gasteiger partial charge in [-0.05, 0) is 66.0 Å². The van der Waals surface area contributed by atoms with Crippen LogP contribution in [0.25, 0.3) is 0 Å². The minimum atomic E-state index is 0.663. The largest absolute Gasteiger partial charge is 0.315 e. The average Bonchev–Trinajstić information content (AvgIpc) is 2.43. The third-order valence-corrected chi connectivity index (χ3v) is 4.90. The highest BCUT2D eigenvalue weighted by atomic mass is 79.9. The summed E-state index contributed by atoms with van der Waals surface area (Å²) in [5.41, 5.74) is 1.30. The van der Waals surface area contributed by atoms with E-state index in [-0.39, 0.29) is 0 Å². The number of hydrogen-bond donors (Lipinski definition) is 1. The summed E-state index contributed by atoms with van der Waals surface area (Å²) >= 11 is 9.63. The van der Waals surface area contributed by atoms with E-state index in [4.69, 9.17) is 11.6 Å². The molecule has 4 heteroatoms. The fraction of sp³-hybridized carbons (Fsp3) is 0.600. The van der Waals surface area contributed by atoms with Crippen molar-refractivity contribution in [1.29, 1.82) is 0 Å². The van der Waals surface area contributed by atoms with Gasteiger partial charge in [-0.25, -0.2) is 0 Å². The molecule has 0 spiro atoms. The summed E-state index contributed by atoms with van der Waals surface area (Å²) in [6, 6.07) is 6.94. The Labute approximate surface area is 129 Å². The lowest BCUT2D eigenvalue weighted by Crippen LogP contribution is -2.45. The Kier molecular flexibility index (Phi) is 6.14. The van der Waals surface area contributed by atoms with E-state index < -0.39 is 0 Å². The molecule has 1 unspecified atom stereocenters. The van der Waals surface area contributed by atoms with E-state index in [1.807, 2.05) is 6.07 Å². The van der Waals surface area contributed by atoms with Crippen LogP contribution in [0, 0.1) is 0 Å². The van der Waals surface area contributed by atoms with Crippen molar-refractivity contribution in [3.8, 4) is 0 Å². The molecule has 0 aliphatic carbocycles. The van der Waals surface area contributed by atoms with Crippen molar-refractivity contribution >= 4 is 27.5 Å². The van der Waals surface area contributed by atoms with Crippen molar-refractivity contribution in [1.82, 2.24) is 10.2 Å². The van der Waals surface area contributed by atoms with Gasteiger partial charge in [0.25, 0.3) is 0 Å². The predicted octanol–water partition coefficient (Wildman–Crippen LogP) is 4.07. The minimum absolute atomic E-state index is 0.663. The van der Waals surface area contributed by atoms with Crippen molar-refractivity contribution in [2.75, 3.05) is 19.6 Å². The smallest absolute Gasteiger partial charge is 0.0551 e. The fourth-order valence-electron chi connectivity index (χ4n) is 2.70. The lowest BCUT2D eigenvalue weighted by Gasteiger charge is -2.34. The summed E-state index contributed by atoms with van der Waals surface area (Å²) in [6.45, 7) is 6.68. The van der Waals surface area contributed by atoms with Gasteiger partial charge in [-0.1, -0.05) is 24.6 Å². The molecule has 0 aromatic heterocycles. The van der Waals surface area contributed by atoms with E-state index in [0.29, 0.717) is 6.04 Å².